The fourth-order valence-corrected chi connectivity index (χ4v) is 2.47. The van der Waals surface area contributed by atoms with Gasteiger partial charge in [0.05, 0.1) is 22.2 Å². The van der Waals surface area contributed by atoms with E-state index >= 15 is 0 Å². The van der Waals surface area contributed by atoms with E-state index < -0.39 is 0 Å². The summed E-state index contributed by atoms with van der Waals surface area (Å²) < 4.78 is 13.6. The Morgan fingerprint density at radius 2 is 2.17 bits per heavy atom. The number of nitriles is 1. The van der Waals surface area contributed by atoms with Gasteiger partial charge in [-0.2, -0.15) is 5.26 Å². The van der Waals surface area contributed by atoms with Gasteiger partial charge in [-0.3, -0.25) is 0 Å². The average Bonchev–Trinajstić information content (AvgIpc) is 2.26. The molecule has 0 saturated heterocycles. The standard InChI is InChI=1S/C13H15BrClFN2/c1-13(2,8-17)4-3-5-18-12-10(14)6-9(16)7-11(12)15/h6-7,18H,3-5H2,1-2H3. The third kappa shape index (κ3) is 4.47. The van der Waals surface area contributed by atoms with Crippen molar-refractivity contribution in [2.24, 2.45) is 5.41 Å². The molecule has 5 heteroatoms. The van der Waals surface area contributed by atoms with Gasteiger partial charge in [0.15, 0.2) is 0 Å². The Morgan fingerprint density at radius 3 is 2.72 bits per heavy atom. The number of hydrogen-bond donors (Lipinski definition) is 1. The van der Waals surface area contributed by atoms with Gasteiger partial charge in [0.1, 0.15) is 5.82 Å². The predicted octanol–water partition coefficient (Wildman–Crippen LogP) is 4.98. The lowest BCUT2D eigenvalue weighted by Crippen LogP contribution is -2.11. The van der Waals surface area contributed by atoms with Crippen LogP contribution in [0, 0.1) is 22.6 Å². The van der Waals surface area contributed by atoms with E-state index in [1.165, 1.54) is 12.1 Å². The molecule has 0 atom stereocenters. The van der Waals surface area contributed by atoms with Crippen molar-refractivity contribution in [2.75, 3.05) is 11.9 Å². The summed E-state index contributed by atoms with van der Waals surface area (Å²) >= 11 is 9.21. The first-order valence-corrected chi connectivity index (χ1v) is 6.82. The van der Waals surface area contributed by atoms with Gasteiger partial charge in [-0.25, -0.2) is 4.39 Å². The molecule has 0 fully saturated rings. The molecule has 2 nitrogen and oxygen atoms in total. The fourth-order valence-electron chi connectivity index (χ4n) is 1.51. The second kappa shape index (κ2) is 6.40. The van der Waals surface area contributed by atoms with Crippen LogP contribution in [-0.2, 0) is 0 Å². The Morgan fingerprint density at radius 1 is 1.50 bits per heavy atom. The summed E-state index contributed by atoms with van der Waals surface area (Å²) in [7, 11) is 0. The van der Waals surface area contributed by atoms with Gasteiger partial charge in [-0.15, -0.1) is 0 Å². The maximum absolute atomic E-state index is 13.0. The molecular weight excluding hydrogens is 319 g/mol. The zero-order valence-electron chi connectivity index (χ0n) is 10.4. The molecule has 18 heavy (non-hydrogen) atoms. The molecule has 98 valence electrons. The fraction of sp³-hybridized carbons (Fsp3) is 0.462. The van der Waals surface area contributed by atoms with Crippen LogP contribution in [0.5, 0.6) is 0 Å². The molecule has 0 radical (unpaired) electrons. The Labute approximate surface area is 120 Å². The molecule has 0 amide bonds. The van der Waals surface area contributed by atoms with Gasteiger partial charge in [-0.1, -0.05) is 11.6 Å². The molecule has 0 spiro atoms. The van der Waals surface area contributed by atoms with Crippen molar-refractivity contribution >= 4 is 33.2 Å². The Kier molecular flexibility index (Phi) is 5.43. The van der Waals surface area contributed by atoms with Crippen molar-refractivity contribution < 1.29 is 4.39 Å². The lowest BCUT2D eigenvalue weighted by molar-refractivity contribution is 0.441. The van der Waals surface area contributed by atoms with Crippen LogP contribution in [0.4, 0.5) is 10.1 Å². The minimum Gasteiger partial charge on any atom is -0.383 e. The van der Waals surface area contributed by atoms with E-state index in [2.05, 4.69) is 27.3 Å². The van der Waals surface area contributed by atoms with Crippen LogP contribution < -0.4 is 5.32 Å². The molecule has 0 heterocycles. The summed E-state index contributed by atoms with van der Waals surface area (Å²) in [5.74, 6) is -0.372. The van der Waals surface area contributed by atoms with Crippen molar-refractivity contribution in [3.8, 4) is 6.07 Å². The third-order valence-electron chi connectivity index (χ3n) is 2.59. The zero-order chi connectivity index (χ0) is 13.8. The van der Waals surface area contributed by atoms with Gasteiger partial charge in [0.2, 0.25) is 0 Å². The van der Waals surface area contributed by atoms with E-state index in [9.17, 15) is 4.39 Å². The van der Waals surface area contributed by atoms with E-state index in [0.29, 0.717) is 21.7 Å². The van der Waals surface area contributed by atoms with Crippen LogP contribution in [0.1, 0.15) is 26.7 Å². The minimum absolute atomic E-state index is 0.314. The molecule has 0 saturated carbocycles. The third-order valence-corrected chi connectivity index (χ3v) is 3.51. The second-order valence-corrected chi connectivity index (χ2v) is 6.03. The van der Waals surface area contributed by atoms with Crippen LogP contribution in [-0.4, -0.2) is 6.54 Å². The Balaban J connectivity index is 2.53. The lowest BCUT2D eigenvalue weighted by Gasteiger charge is -2.16. The van der Waals surface area contributed by atoms with Crippen molar-refractivity contribution in [3.63, 3.8) is 0 Å². The molecule has 0 aromatic heterocycles. The van der Waals surface area contributed by atoms with E-state index in [-0.39, 0.29) is 11.2 Å². The van der Waals surface area contributed by atoms with Crippen LogP contribution in [0.25, 0.3) is 0 Å². The smallest absolute Gasteiger partial charge is 0.125 e. The quantitative estimate of drug-likeness (QED) is 0.771. The number of nitrogens with zero attached hydrogens (tertiary/aromatic N) is 1. The number of halogens is 3. The molecule has 0 unspecified atom stereocenters. The molecule has 1 rings (SSSR count). The van der Waals surface area contributed by atoms with Crippen LogP contribution in [0.2, 0.25) is 5.02 Å². The minimum atomic E-state index is -0.372. The first-order valence-electron chi connectivity index (χ1n) is 5.65. The summed E-state index contributed by atoms with van der Waals surface area (Å²) in [5, 5.41) is 12.4. The van der Waals surface area contributed by atoms with Gasteiger partial charge in [0.25, 0.3) is 0 Å². The van der Waals surface area contributed by atoms with Crippen molar-refractivity contribution in [2.45, 2.75) is 26.7 Å². The molecule has 1 N–H and O–H groups in total. The monoisotopic (exact) mass is 332 g/mol. The van der Waals surface area contributed by atoms with Gasteiger partial charge in [-0.05, 0) is 54.8 Å². The number of anilines is 1. The predicted molar refractivity (Wildman–Crippen MR) is 76.2 cm³/mol. The molecule has 0 aliphatic rings. The average molecular weight is 334 g/mol. The zero-order valence-corrected chi connectivity index (χ0v) is 12.7. The van der Waals surface area contributed by atoms with Crippen LogP contribution in [0.3, 0.4) is 0 Å². The first-order chi connectivity index (χ1) is 8.35. The van der Waals surface area contributed by atoms with Crippen molar-refractivity contribution in [3.05, 3.63) is 27.4 Å². The van der Waals surface area contributed by atoms with Gasteiger partial charge < -0.3 is 5.32 Å². The maximum Gasteiger partial charge on any atom is 0.125 e. The Hall–Kier alpha value is -0.790. The molecule has 1 aromatic carbocycles. The normalized spacial score (nSPS) is 11.1. The van der Waals surface area contributed by atoms with E-state index in [1.54, 1.807) is 0 Å². The van der Waals surface area contributed by atoms with E-state index in [4.69, 9.17) is 16.9 Å². The first kappa shape index (κ1) is 15.3. The maximum atomic E-state index is 13.0. The summed E-state index contributed by atoms with van der Waals surface area (Å²) in [6.45, 7) is 4.51. The molecule has 1 aromatic rings. The Bertz CT molecular complexity index is 446. The van der Waals surface area contributed by atoms with Gasteiger partial charge in [0, 0.05) is 11.0 Å². The number of hydrogen-bond acceptors (Lipinski definition) is 2. The summed E-state index contributed by atoms with van der Waals surface area (Å²) in [6.07, 6.45) is 1.65. The number of nitrogens with one attached hydrogen (secondary N) is 1. The summed E-state index contributed by atoms with van der Waals surface area (Å²) in [4.78, 5) is 0. The molecular formula is C13H15BrClFN2. The molecule has 0 bridgehead atoms. The summed E-state index contributed by atoms with van der Waals surface area (Å²) in [6, 6.07) is 4.90. The van der Waals surface area contributed by atoms with Crippen molar-refractivity contribution in [1.29, 1.82) is 5.26 Å². The summed E-state index contributed by atoms with van der Waals surface area (Å²) in [5.41, 5.74) is 0.374. The van der Waals surface area contributed by atoms with Gasteiger partial charge >= 0.3 is 0 Å². The van der Waals surface area contributed by atoms with Crippen LogP contribution in [0.15, 0.2) is 16.6 Å². The van der Waals surface area contributed by atoms with Crippen molar-refractivity contribution in [1.82, 2.24) is 0 Å². The highest BCUT2D eigenvalue weighted by Crippen LogP contribution is 2.31. The topological polar surface area (TPSA) is 35.8 Å². The van der Waals surface area contributed by atoms with Crippen LogP contribution >= 0.6 is 27.5 Å². The molecule has 0 aliphatic carbocycles. The highest BCUT2D eigenvalue weighted by atomic mass is 79.9. The highest BCUT2D eigenvalue weighted by Gasteiger charge is 2.15. The largest absolute Gasteiger partial charge is 0.383 e. The van der Waals surface area contributed by atoms with E-state index in [0.717, 1.165) is 12.8 Å². The SMILES string of the molecule is CC(C)(C#N)CCCNc1c(Cl)cc(F)cc1Br. The lowest BCUT2D eigenvalue weighted by atomic mass is 9.90. The highest BCUT2D eigenvalue weighted by molar-refractivity contribution is 9.10. The number of benzene rings is 1. The second-order valence-electron chi connectivity index (χ2n) is 4.77. The molecule has 0 aliphatic heterocycles. The number of rotatable bonds is 5. The van der Waals surface area contributed by atoms with E-state index in [1.807, 2.05) is 13.8 Å².